The van der Waals surface area contributed by atoms with Crippen LogP contribution in [-0.4, -0.2) is 59.0 Å². The van der Waals surface area contributed by atoms with Gasteiger partial charge in [-0.25, -0.2) is 9.48 Å². The average Bonchev–Trinajstić information content (AvgIpc) is 2.96. The summed E-state index contributed by atoms with van der Waals surface area (Å²) in [6.07, 6.45) is -0.573. The third kappa shape index (κ3) is 5.04. The van der Waals surface area contributed by atoms with Gasteiger partial charge in [0.1, 0.15) is 17.9 Å². The first-order valence-electron chi connectivity index (χ1n) is 9.01. The van der Waals surface area contributed by atoms with E-state index in [2.05, 4.69) is 5.10 Å². The highest BCUT2D eigenvalue weighted by molar-refractivity contribution is 7.86. The van der Waals surface area contributed by atoms with E-state index in [1.54, 1.807) is 20.8 Å². The van der Waals surface area contributed by atoms with Gasteiger partial charge in [0.15, 0.2) is 4.90 Å². The molecule has 1 unspecified atom stereocenters. The Bertz CT molecular complexity index is 1120. The number of likely N-dealkylation sites (N-methyl/N-ethyl adjacent to an activating group) is 1. The number of benzene rings is 1. The van der Waals surface area contributed by atoms with Crippen LogP contribution in [0.3, 0.4) is 0 Å². The summed E-state index contributed by atoms with van der Waals surface area (Å²) in [5, 5.41) is 4.59. The zero-order valence-electron chi connectivity index (χ0n) is 17.0. The topological polar surface area (TPSA) is 111 Å². The predicted octanol–water partition coefficient (Wildman–Crippen LogP) is 4.38. The summed E-state index contributed by atoms with van der Waals surface area (Å²) in [6.45, 7) is 5.26. The van der Waals surface area contributed by atoms with E-state index in [1.165, 1.54) is 28.8 Å². The minimum atomic E-state index is -4.77. The minimum absolute atomic E-state index is 0.0419. The predicted molar refractivity (Wildman–Crippen MR) is 116 cm³/mol. The van der Waals surface area contributed by atoms with Gasteiger partial charge in [0.05, 0.1) is 22.6 Å². The van der Waals surface area contributed by atoms with E-state index in [4.69, 9.17) is 44.3 Å². The lowest BCUT2D eigenvalue weighted by atomic mass is 10.1. The van der Waals surface area contributed by atoms with Crippen LogP contribution in [0.25, 0.3) is 11.3 Å². The highest BCUT2D eigenvalue weighted by atomic mass is 35.5. The molecule has 1 aromatic carbocycles. The molecule has 0 saturated heterocycles. The summed E-state index contributed by atoms with van der Waals surface area (Å²) in [5.41, 5.74) is -0.807. The highest BCUT2D eigenvalue weighted by Crippen LogP contribution is 2.43. The van der Waals surface area contributed by atoms with E-state index < -0.39 is 32.7 Å². The molecule has 1 amide bonds. The number of halogens is 3. The lowest BCUT2D eigenvalue weighted by molar-refractivity contribution is 0.0101. The van der Waals surface area contributed by atoms with Gasteiger partial charge in [-0.15, -0.1) is 0 Å². The van der Waals surface area contributed by atoms with E-state index in [-0.39, 0.29) is 45.4 Å². The van der Waals surface area contributed by atoms with Crippen LogP contribution in [-0.2, 0) is 21.4 Å². The van der Waals surface area contributed by atoms with E-state index in [0.29, 0.717) is 0 Å². The van der Waals surface area contributed by atoms with Crippen molar-refractivity contribution in [2.75, 3.05) is 13.7 Å². The molecule has 31 heavy (non-hydrogen) atoms. The summed E-state index contributed by atoms with van der Waals surface area (Å²) in [6, 6.07) is 2.23. The Hall–Kier alpha value is -1.72. The van der Waals surface area contributed by atoms with Crippen LogP contribution >= 0.6 is 34.8 Å². The van der Waals surface area contributed by atoms with Gasteiger partial charge in [-0.1, -0.05) is 34.8 Å². The Balaban J connectivity index is 2.04. The number of hydrogen-bond donors (Lipinski definition) is 1. The molecule has 0 saturated carbocycles. The van der Waals surface area contributed by atoms with Crippen LogP contribution in [0.1, 0.15) is 20.8 Å². The van der Waals surface area contributed by atoms with Crippen molar-refractivity contribution < 1.29 is 27.2 Å². The van der Waals surface area contributed by atoms with Crippen molar-refractivity contribution in [1.82, 2.24) is 14.7 Å². The largest absolute Gasteiger partial charge is 0.475 e. The zero-order chi connectivity index (χ0) is 23.3. The van der Waals surface area contributed by atoms with E-state index in [1.807, 2.05) is 0 Å². The minimum Gasteiger partial charge on any atom is -0.475 e. The van der Waals surface area contributed by atoms with E-state index in [9.17, 15) is 17.8 Å². The first-order valence-corrected chi connectivity index (χ1v) is 11.6. The average molecular weight is 513 g/mol. The molecule has 0 aliphatic carbocycles. The van der Waals surface area contributed by atoms with Crippen molar-refractivity contribution in [2.24, 2.45) is 0 Å². The van der Waals surface area contributed by atoms with Crippen molar-refractivity contribution in [2.45, 2.75) is 43.9 Å². The number of rotatable bonds is 3. The second-order valence-electron chi connectivity index (χ2n) is 7.94. The lowest BCUT2D eigenvalue weighted by Crippen LogP contribution is -2.47. The Morgan fingerprint density at radius 3 is 2.39 bits per heavy atom. The van der Waals surface area contributed by atoms with Gasteiger partial charge >= 0.3 is 16.2 Å². The monoisotopic (exact) mass is 511 g/mol. The third-order valence-electron chi connectivity index (χ3n) is 4.39. The maximum absolute atomic E-state index is 12.4. The molecule has 0 radical (unpaired) electrons. The number of nitrogens with zero attached hydrogens (tertiary/aromatic N) is 3. The molecule has 0 bridgehead atoms. The molecule has 170 valence electrons. The lowest BCUT2D eigenvalue weighted by Gasteiger charge is -2.33. The van der Waals surface area contributed by atoms with Crippen LogP contribution in [0.4, 0.5) is 4.79 Å². The molecule has 13 heteroatoms. The number of aromatic nitrogens is 2. The normalized spacial score (nSPS) is 16.5. The van der Waals surface area contributed by atoms with Crippen LogP contribution in [0, 0.1) is 0 Å². The molecule has 1 aliphatic rings. The van der Waals surface area contributed by atoms with Crippen LogP contribution in [0.15, 0.2) is 17.0 Å². The molecule has 1 atom stereocenters. The molecule has 0 spiro atoms. The molecule has 2 aromatic rings. The first kappa shape index (κ1) is 23.9. The fraction of sp³-hybridized carbons (Fsp3) is 0.444. The van der Waals surface area contributed by atoms with E-state index >= 15 is 0 Å². The zero-order valence-corrected chi connectivity index (χ0v) is 20.1. The van der Waals surface area contributed by atoms with Crippen molar-refractivity contribution in [1.29, 1.82) is 0 Å². The van der Waals surface area contributed by atoms with Gasteiger partial charge in [-0.2, -0.15) is 13.5 Å². The number of fused-ring (bicyclic) bond motifs is 1. The number of amides is 1. The smallest absolute Gasteiger partial charge is 0.410 e. The Kier molecular flexibility index (Phi) is 6.43. The summed E-state index contributed by atoms with van der Waals surface area (Å²) in [5.74, 6) is -0.187. The van der Waals surface area contributed by atoms with Gasteiger partial charge in [0.25, 0.3) is 0 Å². The fourth-order valence-corrected chi connectivity index (χ4v) is 4.77. The molecule has 3 rings (SSSR count). The first-order chi connectivity index (χ1) is 14.2. The molecular formula is C18H20Cl3N3O6S. The van der Waals surface area contributed by atoms with Crippen molar-refractivity contribution in [3.05, 3.63) is 27.2 Å². The summed E-state index contributed by atoms with van der Waals surface area (Å²) in [4.78, 5) is 13.1. The van der Waals surface area contributed by atoms with Gasteiger partial charge in [0.2, 0.25) is 5.88 Å². The number of carbonyl (C=O) groups excluding carboxylic acids is 1. The molecule has 1 aliphatic heterocycles. The van der Waals surface area contributed by atoms with Crippen molar-refractivity contribution in [3.8, 4) is 17.1 Å². The van der Waals surface area contributed by atoms with Gasteiger partial charge in [-0.05, 0) is 32.9 Å². The Morgan fingerprint density at radius 1 is 1.29 bits per heavy atom. The Morgan fingerprint density at radius 2 is 1.87 bits per heavy atom. The molecule has 0 fully saturated rings. The number of hydrogen-bond acceptors (Lipinski definition) is 6. The standard InChI is InChI=1S/C18H20Cl3N3O6S/c1-18(2,3)30-17(25)23(4)10-7-24-16(29-8-10)15(31(26,27)28)14(22-24)13-11(20)5-9(19)6-12(13)21/h5-6,10H,7-8H2,1-4H3,(H,26,27,28). The molecule has 2 heterocycles. The molecule has 1 N–H and O–H groups in total. The van der Waals surface area contributed by atoms with Gasteiger partial charge < -0.3 is 14.4 Å². The second-order valence-corrected chi connectivity index (χ2v) is 10.5. The van der Waals surface area contributed by atoms with Crippen LogP contribution in [0.2, 0.25) is 15.1 Å². The van der Waals surface area contributed by atoms with Crippen LogP contribution < -0.4 is 4.74 Å². The SMILES string of the molecule is CN(C(=O)OC(C)(C)C)C1COc2c(S(=O)(=O)O)c(-c3c(Cl)cc(Cl)cc3Cl)nn2C1. The number of carbonyl (C=O) groups is 1. The van der Waals surface area contributed by atoms with Crippen molar-refractivity contribution in [3.63, 3.8) is 0 Å². The summed E-state index contributed by atoms with van der Waals surface area (Å²) < 4.78 is 46.3. The van der Waals surface area contributed by atoms with Gasteiger partial charge in [-0.3, -0.25) is 4.55 Å². The summed E-state index contributed by atoms with van der Waals surface area (Å²) >= 11 is 18.4. The Labute approximate surface area is 194 Å². The number of ether oxygens (including phenoxy) is 2. The third-order valence-corrected chi connectivity index (χ3v) is 6.09. The maximum atomic E-state index is 12.4. The molecule has 9 nitrogen and oxygen atoms in total. The van der Waals surface area contributed by atoms with Crippen LogP contribution in [0.5, 0.6) is 5.88 Å². The highest BCUT2D eigenvalue weighted by Gasteiger charge is 2.37. The maximum Gasteiger partial charge on any atom is 0.410 e. The fourth-order valence-electron chi connectivity index (χ4n) is 3.00. The molecule has 1 aromatic heterocycles. The van der Waals surface area contributed by atoms with Gasteiger partial charge in [0, 0.05) is 17.6 Å². The molecular weight excluding hydrogens is 493 g/mol. The van der Waals surface area contributed by atoms with Crippen molar-refractivity contribution >= 4 is 51.0 Å². The quantitative estimate of drug-likeness (QED) is 0.607. The second kappa shape index (κ2) is 8.32. The van der Waals surface area contributed by atoms with E-state index in [0.717, 1.165) is 0 Å². The summed E-state index contributed by atoms with van der Waals surface area (Å²) in [7, 11) is -3.23.